The second-order valence-corrected chi connectivity index (χ2v) is 0. The van der Waals surface area contributed by atoms with Crippen LogP contribution in [0.4, 0.5) is 0 Å². The third-order valence-electron chi connectivity index (χ3n) is 0. The smallest absolute Gasteiger partial charge is 0.512 e. The van der Waals surface area contributed by atoms with E-state index < -0.39 is 0 Å². The maximum absolute atomic E-state index is 6.25. The van der Waals surface area contributed by atoms with Crippen molar-refractivity contribution in [3.8, 4) is 0 Å². The van der Waals surface area contributed by atoms with Gasteiger partial charge in [0, 0.05) is 0 Å². The first-order valence-corrected chi connectivity index (χ1v) is 1.34. The van der Waals surface area contributed by atoms with Crippen LogP contribution in [0.5, 0.6) is 0 Å². The van der Waals surface area contributed by atoms with Crippen LogP contribution in [0.3, 0.4) is 0 Å². The Kier molecular flexibility index (Phi) is 1050. The number of rotatable bonds is 0. The molecule has 0 fully saturated rings. The van der Waals surface area contributed by atoms with E-state index in [1.807, 2.05) is 0 Å². The van der Waals surface area contributed by atoms with Crippen LogP contribution in [0.15, 0.2) is 0 Å². The van der Waals surface area contributed by atoms with Crippen LogP contribution in [0.25, 0.3) is 0 Å². The van der Waals surface area contributed by atoms with Gasteiger partial charge >= 0.3 is 17.1 Å². The molecule has 7 nitrogen and oxygen atoms in total. The normalized spacial score (nSPS) is 0.857. The molecule has 0 heterocycles. The van der Waals surface area contributed by atoms with E-state index in [2.05, 4.69) is 0 Å². The Bertz CT molecular complexity index is 93.2. The fraction of sp³-hybridized carbons (Fsp3) is 0. The fourth-order valence-corrected chi connectivity index (χ4v) is 0. The van der Waals surface area contributed by atoms with E-state index in [1.54, 1.807) is 0 Å². The van der Waals surface area contributed by atoms with Crippen LogP contribution in [-0.2, 0) is 17.1 Å². The Morgan fingerprint density at radius 2 is 0.357 bits per heavy atom. The molecule has 0 aromatic rings. The van der Waals surface area contributed by atoms with E-state index in [-0.39, 0.29) is 23.2 Å². The Balaban J connectivity index is -0.00000000500. The van der Waals surface area contributed by atoms with E-state index in [0.717, 1.165) is 0 Å². The molecule has 3 N–H and O–H groups in total. The average Bonchev–Trinajstić information content (AvgIpc) is 2.33. The molecule has 0 aliphatic rings. The summed E-state index contributed by atoms with van der Waals surface area (Å²) in [6.07, 6.45) is 0. The molecule has 0 bridgehead atoms. The number of hydrogen-bond donors (Lipinski definition) is 1. The third kappa shape index (κ3) is 100. The van der Waals surface area contributed by atoms with Crippen molar-refractivity contribution >= 4 is 0 Å². The quantitative estimate of drug-likeness (QED) is 0.469. The van der Waals surface area contributed by atoms with Crippen LogP contribution in [0.1, 0.15) is 0 Å². The molecule has 0 radical (unpaired) electrons. The van der Waals surface area contributed by atoms with Gasteiger partial charge in [0.1, 0.15) is 0 Å². The maximum atomic E-state index is 6.25. The third-order valence-corrected chi connectivity index (χ3v) is 0. The zero-order valence-electron chi connectivity index (χ0n) is 6.74. The van der Waals surface area contributed by atoms with Gasteiger partial charge in [0.05, 0.1) is 0 Å². The standard InChI is InChI=1S/6CN.Fe.H3N/c6*1-2;;/h;;;;;;;1H3/q6*-1;+2;. The summed E-state index contributed by atoms with van der Waals surface area (Å²) < 4.78 is 0. The number of nitrogens with zero attached hydrogens (tertiary/aromatic N) is 6. The van der Waals surface area contributed by atoms with Crippen molar-refractivity contribution < 1.29 is 17.1 Å². The predicted molar refractivity (Wildman–Crippen MR) is 34.8 cm³/mol. The Morgan fingerprint density at radius 1 is 0.357 bits per heavy atom. The van der Waals surface area contributed by atoms with Crippen LogP contribution in [0, 0.1) is 71.0 Å². The number of hydrogen-bond acceptors (Lipinski definition) is 7. The minimum Gasteiger partial charge on any atom is -0.512 e. The summed E-state index contributed by atoms with van der Waals surface area (Å²) in [5.74, 6) is 0. The topological polar surface area (TPSA) is 178 Å². The van der Waals surface area contributed by atoms with Crippen LogP contribution in [-0.4, -0.2) is 0 Å². The predicted octanol–water partition coefficient (Wildman–Crippen LogP) is 0.738. The molecule has 0 aromatic carbocycles. The van der Waals surface area contributed by atoms with Gasteiger partial charge in [-0.3, -0.25) is 0 Å². The molecular weight excluding hydrogens is 226 g/mol. The van der Waals surface area contributed by atoms with E-state index >= 15 is 0 Å². The maximum Gasteiger partial charge on any atom is 2.00 e. The molecule has 0 aliphatic heterocycles. The summed E-state index contributed by atoms with van der Waals surface area (Å²) in [4.78, 5) is 0. The summed E-state index contributed by atoms with van der Waals surface area (Å²) in [5, 5.41) is 37.5. The molecule has 0 atom stereocenters. The molecule has 0 saturated carbocycles. The van der Waals surface area contributed by atoms with Gasteiger partial charge in [-0.15, -0.1) is 0 Å². The van der Waals surface area contributed by atoms with Gasteiger partial charge in [-0.05, 0) is 0 Å². The van der Waals surface area contributed by atoms with Gasteiger partial charge in [0.25, 0.3) is 0 Å². The van der Waals surface area contributed by atoms with Crippen molar-refractivity contribution in [2.75, 3.05) is 0 Å². The summed E-state index contributed by atoms with van der Waals surface area (Å²) in [7, 11) is 0. The van der Waals surface area contributed by atoms with Gasteiger partial charge in [0.15, 0.2) is 0 Å². The summed E-state index contributed by atoms with van der Waals surface area (Å²) in [6.45, 7) is 28.5. The monoisotopic (exact) mass is 229 g/mol. The first-order chi connectivity index (χ1) is 6.00. The van der Waals surface area contributed by atoms with Crippen molar-refractivity contribution in [3.05, 3.63) is 39.4 Å². The Morgan fingerprint density at radius 3 is 0.357 bits per heavy atom. The molecule has 0 aliphatic carbocycles. The second kappa shape index (κ2) is 139. The average molecular weight is 229 g/mol. The molecule has 74 valence electrons. The summed E-state index contributed by atoms with van der Waals surface area (Å²) >= 11 is 0. The molecule has 0 amide bonds. The molecule has 0 aromatic heterocycles. The van der Waals surface area contributed by atoms with E-state index in [4.69, 9.17) is 71.0 Å². The first-order valence-electron chi connectivity index (χ1n) is 1.34. The molecule has 8 heteroatoms. The minimum atomic E-state index is 0. The van der Waals surface area contributed by atoms with Crippen molar-refractivity contribution in [2.45, 2.75) is 0 Å². The molecular formula is C6H3FeN7-4. The zero-order valence-corrected chi connectivity index (χ0v) is 7.85. The second-order valence-electron chi connectivity index (χ2n) is 0. The van der Waals surface area contributed by atoms with Crippen LogP contribution < -0.4 is 6.15 Å². The minimum absolute atomic E-state index is 0. The van der Waals surface area contributed by atoms with Crippen molar-refractivity contribution in [3.63, 3.8) is 0 Å². The summed E-state index contributed by atoms with van der Waals surface area (Å²) in [5.41, 5.74) is 0. The van der Waals surface area contributed by atoms with Crippen LogP contribution in [0.2, 0.25) is 0 Å². The fourth-order valence-electron chi connectivity index (χ4n) is 0. The SMILES string of the molecule is N.[C-]#N.[C-]#N.[C-]#N.[C-]#N.[C-]#N.[C-]#N.[Fe+2]. The molecule has 0 saturated heterocycles. The molecule has 0 spiro atoms. The summed E-state index contributed by atoms with van der Waals surface area (Å²) in [6, 6.07) is 0. The van der Waals surface area contributed by atoms with Gasteiger partial charge < -0.3 is 77.2 Å². The Labute approximate surface area is 94.7 Å². The van der Waals surface area contributed by atoms with Crippen molar-refractivity contribution in [2.24, 2.45) is 0 Å². The van der Waals surface area contributed by atoms with Crippen molar-refractivity contribution in [1.82, 2.24) is 6.15 Å². The molecule has 0 unspecified atom stereocenters. The van der Waals surface area contributed by atoms with Gasteiger partial charge in [-0.25, -0.2) is 0 Å². The largest absolute Gasteiger partial charge is 2.00 e. The Hall–Kier alpha value is -2.58. The van der Waals surface area contributed by atoms with Crippen molar-refractivity contribution in [1.29, 1.82) is 31.6 Å². The van der Waals surface area contributed by atoms with E-state index in [0.29, 0.717) is 0 Å². The van der Waals surface area contributed by atoms with Gasteiger partial charge in [0.2, 0.25) is 0 Å². The van der Waals surface area contributed by atoms with Gasteiger partial charge in [-0.2, -0.15) is 0 Å². The van der Waals surface area contributed by atoms with E-state index in [9.17, 15) is 0 Å². The van der Waals surface area contributed by atoms with E-state index in [1.165, 1.54) is 0 Å². The molecule has 14 heavy (non-hydrogen) atoms. The van der Waals surface area contributed by atoms with Crippen LogP contribution >= 0.6 is 0 Å². The molecule has 0 rings (SSSR count). The zero-order chi connectivity index (χ0) is 12.0. The van der Waals surface area contributed by atoms with Gasteiger partial charge in [-0.1, -0.05) is 0 Å². The first kappa shape index (κ1) is 106.